The second-order valence-corrected chi connectivity index (χ2v) is 6.03. The Labute approximate surface area is 109 Å². The Balaban J connectivity index is 2.78. The summed E-state index contributed by atoms with van der Waals surface area (Å²) in [5, 5.41) is 2.76. The summed E-state index contributed by atoms with van der Waals surface area (Å²) in [7, 11) is 0. The summed E-state index contributed by atoms with van der Waals surface area (Å²) in [5.41, 5.74) is -0.877. The first kappa shape index (κ1) is 14.7. The van der Waals surface area contributed by atoms with Gasteiger partial charge in [-0.2, -0.15) is 0 Å². The Morgan fingerprint density at radius 3 is 2.11 bits per heavy atom. The van der Waals surface area contributed by atoms with Crippen LogP contribution in [0.1, 0.15) is 53.4 Å². The number of nitrogens with one attached hydrogen (secondary N) is 1. The molecule has 102 valence electrons. The minimum Gasteiger partial charge on any atom is -0.444 e. The van der Waals surface area contributed by atoms with Crippen molar-refractivity contribution in [2.24, 2.45) is 0 Å². The molecule has 0 heterocycles. The predicted molar refractivity (Wildman–Crippen MR) is 70.4 cm³/mol. The lowest BCUT2D eigenvalue weighted by Crippen LogP contribution is -2.53. The number of alkyl carbamates (subject to hydrolysis) is 1. The third kappa shape index (κ3) is 3.59. The van der Waals surface area contributed by atoms with Crippen molar-refractivity contribution >= 4 is 11.9 Å². The Morgan fingerprint density at radius 2 is 1.72 bits per heavy atom. The summed E-state index contributed by atoms with van der Waals surface area (Å²) < 4.78 is 5.22. The summed E-state index contributed by atoms with van der Waals surface area (Å²) in [6.07, 6.45) is 2.68. The van der Waals surface area contributed by atoms with Gasteiger partial charge in [-0.1, -0.05) is 19.4 Å². The van der Waals surface area contributed by atoms with Crippen LogP contribution in [0.4, 0.5) is 4.79 Å². The number of carbonyl (C=O) groups excluding carboxylic acids is 2. The van der Waals surface area contributed by atoms with E-state index in [9.17, 15) is 9.59 Å². The van der Waals surface area contributed by atoms with E-state index in [1.807, 2.05) is 0 Å². The van der Waals surface area contributed by atoms with E-state index < -0.39 is 17.2 Å². The first-order chi connectivity index (χ1) is 8.16. The van der Waals surface area contributed by atoms with Crippen molar-refractivity contribution in [3.63, 3.8) is 0 Å². The largest absolute Gasteiger partial charge is 0.444 e. The number of carbonyl (C=O) groups is 2. The molecule has 1 amide bonds. The molecular formula is C14H23NO3. The van der Waals surface area contributed by atoms with Gasteiger partial charge < -0.3 is 10.1 Å². The number of hydrogen-bond donors (Lipinski definition) is 1. The van der Waals surface area contributed by atoms with E-state index in [4.69, 9.17) is 4.74 Å². The zero-order chi connectivity index (χ0) is 14.0. The molecule has 0 bridgehead atoms. The van der Waals surface area contributed by atoms with Gasteiger partial charge in [0.25, 0.3) is 0 Å². The van der Waals surface area contributed by atoms with E-state index in [-0.39, 0.29) is 5.78 Å². The van der Waals surface area contributed by atoms with Gasteiger partial charge in [-0.15, -0.1) is 0 Å². The summed E-state index contributed by atoms with van der Waals surface area (Å²) in [6, 6.07) is 0. The number of amides is 1. The zero-order valence-corrected chi connectivity index (χ0v) is 11.8. The molecule has 0 radical (unpaired) electrons. The highest BCUT2D eigenvalue weighted by molar-refractivity contribution is 6.03. The van der Waals surface area contributed by atoms with Crippen molar-refractivity contribution in [3.05, 3.63) is 12.2 Å². The van der Waals surface area contributed by atoms with E-state index in [2.05, 4.69) is 11.9 Å². The number of hydrogen-bond acceptors (Lipinski definition) is 3. The van der Waals surface area contributed by atoms with Crippen molar-refractivity contribution in [2.45, 2.75) is 64.5 Å². The lowest BCUT2D eigenvalue weighted by Gasteiger charge is -2.30. The average Bonchev–Trinajstić information content (AvgIpc) is 2.62. The third-order valence-electron chi connectivity index (χ3n) is 3.02. The first-order valence-corrected chi connectivity index (χ1v) is 6.38. The molecule has 1 aliphatic carbocycles. The van der Waals surface area contributed by atoms with Crippen LogP contribution in [-0.2, 0) is 9.53 Å². The molecule has 0 aromatic rings. The molecule has 1 rings (SSSR count). The van der Waals surface area contributed by atoms with Crippen LogP contribution in [-0.4, -0.2) is 23.0 Å². The Kier molecular flexibility index (Phi) is 4.20. The Hall–Kier alpha value is -1.32. The number of Topliss-reactive ketones (excluding diaryl/α,β-unsaturated/α-hetero) is 1. The molecule has 18 heavy (non-hydrogen) atoms. The maximum Gasteiger partial charge on any atom is 0.408 e. The molecular weight excluding hydrogens is 230 g/mol. The van der Waals surface area contributed by atoms with E-state index >= 15 is 0 Å². The molecule has 1 fully saturated rings. The average molecular weight is 253 g/mol. The maximum atomic E-state index is 12.2. The molecule has 0 unspecified atom stereocenters. The van der Waals surface area contributed by atoms with Gasteiger partial charge in [0.05, 0.1) is 0 Å². The van der Waals surface area contributed by atoms with Crippen molar-refractivity contribution in [1.29, 1.82) is 0 Å². The zero-order valence-electron chi connectivity index (χ0n) is 11.8. The van der Waals surface area contributed by atoms with Crippen LogP contribution in [0.15, 0.2) is 12.2 Å². The van der Waals surface area contributed by atoms with Crippen LogP contribution in [0.25, 0.3) is 0 Å². The van der Waals surface area contributed by atoms with Crippen molar-refractivity contribution < 1.29 is 14.3 Å². The number of rotatable bonds is 3. The fourth-order valence-corrected chi connectivity index (χ4v) is 2.29. The van der Waals surface area contributed by atoms with Crippen LogP contribution in [0.3, 0.4) is 0 Å². The summed E-state index contributed by atoms with van der Waals surface area (Å²) in [5.74, 6) is -0.0779. The van der Waals surface area contributed by atoms with Crippen molar-refractivity contribution in [1.82, 2.24) is 5.32 Å². The van der Waals surface area contributed by atoms with Crippen molar-refractivity contribution in [2.75, 3.05) is 0 Å². The topological polar surface area (TPSA) is 55.4 Å². The van der Waals surface area contributed by atoms with E-state index in [1.165, 1.54) is 0 Å². The third-order valence-corrected chi connectivity index (χ3v) is 3.02. The molecule has 0 spiro atoms. The molecule has 0 atom stereocenters. The molecule has 4 nitrogen and oxygen atoms in total. The molecule has 0 saturated heterocycles. The van der Waals surface area contributed by atoms with Crippen LogP contribution in [0.2, 0.25) is 0 Å². The van der Waals surface area contributed by atoms with Crippen LogP contribution in [0.5, 0.6) is 0 Å². The predicted octanol–water partition coefficient (Wildman–Crippen LogP) is 2.97. The molecule has 1 N–H and O–H groups in total. The van der Waals surface area contributed by atoms with Crippen LogP contribution < -0.4 is 5.32 Å². The van der Waals surface area contributed by atoms with Gasteiger partial charge in [0.2, 0.25) is 0 Å². The minimum atomic E-state index is -0.797. The smallest absolute Gasteiger partial charge is 0.408 e. The van der Waals surface area contributed by atoms with Crippen LogP contribution >= 0.6 is 0 Å². The number of ether oxygens (including phenoxy) is 1. The van der Waals surface area contributed by atoms with Crippen molar-refractivity contribution in [3.8, 4) is 0 Å². The van der Waals surface area contributed by atoms with E-state index in [0.717, 1.165) is 12.8 Å². The van der Waals surface area contributed by atoms with Gasteiger partial charge in [0, 0.05) is 0 Å². The second-order valence-electron chi connectivity index (χ2n) is 6.03. The minimum absolute atomic E-state index is 0.0779. The lowest BCUT2D eigenvalue weighted by atomic mass is 9.88. The van der Waals surface area contributed by atoms with Gasteiger partial charge in [-0.3, -0.25) is 4.79 Å². The lowest BCUT2D eigenvalue weighted by molar-refractivity contribution is -0.121. The van der Waals surface area contributed by atoms with Gasteiger partial charge in [0.15, 0.2) is 5.78 Å². The van der Waals surface area contributed by atoms with Crippen LogP contribution in [0, 0.1) is 0 Å². The standard InChI is InChI=1S/C14H23NO3/c1-10(2)11(16)14(8-6-7-9-14)15-12(17)18-13(3,4)5/h1,6-9H2,2-5H3,(H,15,17). The van der Waals surface area contributed by atoms with Gasteiger partial charge in [-0.05, 0) is 46.1 Å². The van der Waals surface area contributed by atoms with Gasteiger partial charge >= 0.3 is 6.09 Å². The fraction of sp³-hybridized carbons (Fsp3) is 0.714. The van der Waals surface area contributed by atoms with Gasteiger partial charge in [0.1, 0.15) is 11.1 Å². The van der Waals surface area contributed by atoms with E-state index in [0.29, 0.717) is 18.4 Å². The molecule has 0 aromatic heterocycles. The fourth-order valence-electron chi connectivity index (χ4n) is 2.29. The highest BCUT2D eigenvalue weighted by atomic mass is 16.6. The Bertz CT molecular complexity index is 360. The molecule has 0 aliphatic heterocycles. The summed E-state index contributed by atoms with van der Waals surface area (Å²) in [6.45, 7) is 10.8. The highest BCUT2D eigenvalue weighted by Crippen LogP contribution is 2.32. The second kappa shape index (κ2) is 5.12. The highest BCUT2D eigenvalue weighted by Gasteiger charge is 2.43. The normalized spacial score (nSPS) is 18.2. The molecule has 1 aliphatic rings. The SMILES string of the molecule is C=C(C)C(=O)C1(NC(=O)OC(C)(C)C)CCCC1. The molecule has 4 heteroatoms. The Morgan fingerprint density at radius 1 is 1.22 bits per heavy atom. The molecule has 0 aromatic carbocycles. The van der Waals surface area contributed by atoms with E-state index in [1.54, 1.807) is 27.7 Å². The number of ketones is 1. The monoisotopic (exact) mass is 253 g/mol. The summed E-state index contributed by atoms with van der Waals surface area (Å²) in [4.78, 5) is 24.0. The molecule has 1 saturated carbocycles. The maximum absolute atomic E-state index is 12.2. The summed E-state index contributed by atoms with van der Waals surface area (Å²) >= 11 is 0. The van der Waals surface area contributed by atoms with Gasteiger partial charge in [-0.25, -0.2) is 4.79 Å². The quantitative estimate of drug-likeness (QED) is 0.787. The first-order valence-electron chi connectivity index (χ1n) is 6.38.